The van der Waals surface area contributed by atoms with E-state index >= 15 is 0 Å². The molecule has 0 N–H and O–H groups in total. The van der Waals surface area contributed by atoms with Gasteiger partial charge in [0.15, 0.2) is 0 Å². The van der Waals surface area contributed by atoms with Crippen LogP contribution in [0.1, 0.15) is 19.8 Å². The highest BCUT2D eigenvalue weighted by Gasteiger charge is 2.18. The lowest BCUT2D eigenvalue weighted by atomic mass is 10.2. The normalized spacial score (nSPS) is 16.2. The van der Waals surface area contributed by atoms with E-state index in [4.69, 9.17) is 0 Å². The third-order valence-electron chi connectivity index (χ3n) is 1.28. The van der Waals surface area contributed by atoms with Crippen LogP contribution >= 0.6 is 22.6 Å². The average Bonchev–Trinajstić information content (AvgIpc) is 1.89. The molecule has 0 fully saturated rings. The predicted octanol–water partition coefficient (Wildman–Crippen LogP) is 2.80. The van der Waals surface area contributed by atoms with Gasteiger partial charge in [0.1, 0.15) is 3.55 Å². The lowest BCUT2D eigenvalue weighted by Gasteiger charge is -2.17. The van der Waals surface area contributed by atoms with E-state index in [1.165, 1.54) is 0 Å². The molecule has 52 valence electrons. The van der Waals surface area contributed by atoms with Crippen LogP contribution < -0.4 is 0 Å². The van der Waals surface area contributed by atoms with E-state index in [0.717, 1.165) is 12.8 Å². The minimum atomic E-state index is -0.000486. The molecular weight excluding hydrogens is 225 g/mol. The molecule has 0 saturated carbocycles. The second kappa shape index (κ2) is 4.04. The summed E-state index contributed by atoms with van der Waals surface area (Å²) in [6.07, 6.45) is 3.81. The van der Waals surface area contributed by atoms with E-state index in [-0.39, 0.29) is 3.55 Å². The smallest absolute Gasteiger partial charge is 0.114 e. The summed E-state index contributed by atoms with van der Waals surface area (Å²) < 4.78 is -0.000486. The van der Waals surface area contributed by atoms with E-state index in [1.54, 1.807) is 0 Å². The van der Waals surface area contributed by atoms with Crippen molar-refractivity contribution in [1.82, 2.24) is 0 Å². The molecule has 0 aromatic carbocycles. The molecule has 0 aliphatic heterocycles. The summed E-state index contributed by atoms with van der Waals surface area (Å²) in [5.74, 6) is 0. The van der Waals surface area contributed by atoms with Gasteiger partial charge in [-0.1, -0.05) is 35.6 Å². The molecule has 0 saturated heterocycles. The fourth-order valence-corrected chi connectivity index (χ4v) is 0.853. The molecule has 0 bridgehead atoms. The first-order valence-electron chi connectivity index (χ1n) is 2.96. The maximum Gasteiger partial charge on any atom is 0.114 e. The molecule has 0 aromatic heterocycles. The van der Waals surface area contributed by atoms with E-state index in [0.29, 0.717) is 0 Å². The van der Waals surface area contributed by atoms with Gasteiger partial charge in [-0.15, -0.1) is 6.58 Å². The zero-order chi connectivity index (χ0) is 7.33. The maximum absolute atomic E-state index is 3.99. The molecule has 0 spiro atoms. The lowest BCUT2D eigenvalue weighted by molar-refractivity contribution is 0.639. The second-order valence-corrected chi connectivity index (χ2v) is 3.93. The van der Waals surface area contributed by atoms with Crippen molar-refractivity contribution < 1.29 is 0 Å². The summed E-state index contributed by atoms with van der Waals surface area (Å²) in [5, 5.41) is 0. The molecule has 0 radical (unpaired) electrons. The van der Waals surface area contributed by atoms with Gasteiger partial charge in [0, 0.05) is 0 Å². The molecule has 9 heavy (non-hydrogen) atoms. The quantitative estimate of drug-likeness (QED) is 0.234. The van der Waals surface area contributed by atoms with Gasteiger partial charge in [0.25, 0.3) is 0 Å². The number of halogens is 1. The molecule has 0 aromatic rings. The topological polar surface area (TPSA) is 12.4 Å². The zero-order valence-corrected chi connectivity index (χ0v) is 7.89. The van der Waals surface area contributed by atoms with Gasteiger partial charge in [-0.2, -0.15) is 0 Å². The van der Waals surface area contributed by atoms with Crippen LogP contribution in [0.4, 0.5) is 0 Å². The number of hydrogen-bond acceptors (Lipinski definition) is 1. The summed E-state index contributed by atoms with van der Waals surface area (Å²) in [6, 6.07) is 0. The van der Waals surface area contributed by atoms with Gasteiger partial charge in [0.05, 0.1) is 0 Å². The summed E-state index contributed by atoms with van der Waals surface area (Å²) >= 11 is 2.30. The van der Waals surface area contributed by atoms with Crippen LogP contribution in [0.15, 0.2) is 17.6 Å². The molecule has 0 heterocycles. The molecule has 0 aliphatic rings. The lowest BCUT2D eigenvalue weighted by Crippen LogP contribution is -2.13. The van der Waals surface area contributed by atoms with Crippen molar-refractivity contribution in [1.29, 1.82) is 0 Å². The van der Waals surface area contributed by atoms with Crippen molar-refractivity contribution in [3.8, 4) is 0 Å². The minimum absolute atomic E-state index is 0.000486. The van der Waals surface area contributed by atoms with Crippen LogP contribution in [0, 0.1) is 0 Å². The number of hydrogen-bond donors (Lipinski definition) is 0. The van der Waals surface area contributed by atoms with Crippen molar-refractivity contribution in [2.75, 3.05) is 0 Å². The molecule has 0 aliphatic carbocycles. The van der Waals surface area contributed by atoms with Gasteiger partial charge < -0.3 is 0 Å². The standard InChI is InChI=1S/C7H12IN/c1-4-6-7(8,5-2)9-3/h4H,1,3,5-6H2,2H3. The predicted molar refractivity (Wildman–Crippen MR) is 51.4 cm³/mol. The summed E-state index contributed by atoms with van der Waals surface area (Å²) in [4.78, 5) is 3.99. The minimum Gasteiger partial charge on any atom is -0.283 e. The Balaban J connectivity index is 3.90. The van der Waals surface area contributed by atoms with E-state index < -0.39 is 0 Å². The number of rotatable bonds is 4. The molecule has 1 unspecified atom stereocenters. The molecule has 1 atom stereocenters. The second-order valence-electron chi connectivity index (χ2n) is 1.92. The fraction of sp³-hybridized carbons (Fsp3) is 0.571. The Morgan fingerprint density at radius 2 is 2.33 bits per heavy atom. The Morgan fingerprint density at radius 3 is 2.44 bits per heavy atom. The van der Waals surface area contributed by atoms with Crippen molar-refractivity contribution in [3.05, 3.63) is 12.7 Å². The highest BCUT2D eigenvalue weighted by atomic mass is 127. The average molecular weight is 237 g/mol. The SMILES string of the molecule is C=CCC(I)(CC)N=C. The van der Waals surface area contributed by atoms with E-state index in [1.807, 2.05) is 6.08 Å². The van der Waals surface area contributed by atoms with Crippen LogP contribution in [0.25, 0.3) is 0 Å². The first-order chi connectivity index (χ1) is 4.18. The Kier molecular flexibility index (Phi) is 4.10. The number of aliphatic imine (C=N–C) groups is 1. The molecular formula is C7H12IN. The fourth-order valence-electron chi connectivity index (χ4n) is 0.542. The molecule has 0 amide bonds. The van der Waals surface area contributed by atoms with Gasteiger partial charge in [-0.25, -0.2) is 0 Å². The summed E-state index contributed by atoms with van der Waals surface area (Å²) in [6.45, 7) is 9.27. The van der Waals surface area contributed by atoms with Crippen molar-refractivity contribution >= 4 is 29.3 Å². The largest absolute Gasteiger partial charge is 0.283 e. The first kappa shape index (κ1) is 9.14. The van der Waals surface area contributed by atoms with Gasteiger partial charge in [-0.3, -0.25) is 4.99 Å². The van der Waals surface area contributed by atoms with Crippen LogP contribution in [0.2, 0.25) is 0 Å². The van der Waals surface area contributed by atoms with Crippen LogP contribution in [-0.2, 0) is 0 Å². The highest BCUT2D eigenvalue weighted by Crippen LogP contribution is 2.28. The first-order valence-corrected chi connectivity index (χ1v) is 4.04. The van der Waals surface area contributed by atoms with Crippen LogP contribution in [-0.4, -0.2) is 10.3 Å². The van der Waals surface area contributed by atoms with E-state index in [2.05, 4.69) is 47.8 Å². The Morgan fingerprint density at radius 1 is 1.78 bits per heavy atom. The van der Waals surface area contributed by atoms with Crippen molar-refractivity contribution in [3.63, 3.8) is 0 Å². The molecule has 2 heteroatoms. The summed E-state index contributed by atoms with van der Waals surface area (Å²) in [5.41, 5.74) is 0. The van der Waals surface area contributed by atoms with Gasteiger partial charge >= 0.3 is 0 Å². The van der Waals surface area contributed by atoms with Gasteiger partial charge in [-0.05, 0) is 19.6 Å². The highest BCUT2D eigenvalue weighted by molar-refractivity contribution is 14.1. The summed E-state index contributed by atoms with van der Waals surface area (Å²) in [7, 11) is 0. The van der Waals surface area contributed by atoms with Gasteiger partial charge in [0.2, 0.25) is 0 Å². The molecule has 1 nitrogen and oxygen atoms in total. The monoisotopic (exact) mass is 237 g/mol. The van der Waals surface area contributed by atoms with E-state index in [9.17, 15) is 0 Å². The Labute approximate surface area is 70.4 Å². The maximum atomic E-state index is 3.99. The molecule has 0 rings (SSSR count). The Bertz CT molecular complexity index is 111. The number of nitrogens with zero attached hydrogens (tertiary/aromatic N) is 1. The zero-order valence-electron chi connectivity index (χ0n) is 5.73. The van der Waals surface area contributed by atoms with Crippen molar-refractivity contribution in [2.45, 2.75) is 23.3 Å². The van der Waals surface area contributed by atoms with Crippen LogP contribution in [0.5, 0.6) is 0 Å². The third-order valence-corrected chi connectivity index (χ3v) is 2.83. The Hall–Kier alpha value is 0.140. The van der Waals surface area contributed by atoms with Crippen molar-refractivity contribution in [2.24, 2.45) is 4.99 Å². The third kappa shape index (κ3) is 2.98. The van der Waals surface area contributed by atoms with Crippen LogP contribution in [0.3, 0.4) is 0 Å². The number of alkyl halides is 1.